The lowest BCUT2D eigenvalue weighted by Crippen LogP contribution is -2.23. The number of pyridine rings is 2. The number of thioether (sulfide) groups is 1. The lowest BCUT2D eigenvalue weighted by molar-refractivity contribution is -0.115. The maximum atomic E-state index is 13.1. The van der Waals surface area contributed by atoms with Crippen LogP contribution in [0.15, 0.2) is 90.5 Å². The molecule has 1 amide bonds. The zero-order valence-corrected chi connectivity index (χ0v) is 19.5. The van der Waals surface area contributed by atoms with E-state index in [-0.39, 0.29) is 5.91 Å². The summed E-state index contributed by atoms with van der Waals surface area (Å²) in [6, 6.07) is 21.4. The fraction of sp³-hybridized carbons (Fsp3) is 0.115. The number of rotatable bonds is 6. The summed E-state index contributed by atoms with van der Waals surface area (Å²) in [4.78, 5) is 21.6. The Morgan fingerprint density at radius 3 is 2.59 bits per heavy atom. The van der Waals surface area contributed by atoms with Crippen molar-refractivity contribution in [1.82, 2.24) is 24.7 Å². The van der Waals surface area contributed by atoms with Crippen molar-refractivity contribution in [2.45, 2.75) is 24.3 Å². The van der Waals surface area contributed by atoms with Crippen LogP contribution in [-0.4, -0.2) is 35.9 Å². The van der Waals surface area contributed by atoms with E-state index in [1.807, 2.05) is 85.1 Å². The first-order chi connectivity index (χ1) is 16.6. The van der Waals surface area contributed by atoms with Crippen molar-refractivity contribution in [1.29, 1.82) is 0 Å². The normalized spacial score (nSPS) is 11.9. The van der Waals surface area contributed by atoms with E-state index in [0.29, 0.717) is 11.0 Å². The zero-order chi connectivity index (χ0) is 23.5. The highest BCUT2D eigenvalue weighted by Crippen LogP contribution is 2.32. The number of aromatic nitrogens is 5. The first-order valence-corrected chi connectivity index (χ1v) is 11.7. The molecule has 7 nitrogen and oxygen atoms in total. The summed E-state index contributed by atoms with van der Waals surface area (Å²) < 4.78 is 2.00. The molecule has 3 heterocycles. The fourth-order valence-electron chi connectivity index (χ4n) is 3.72. The van der Waals surface area contributed by atoms with Crippen LogP contribution in [0.25, 0.3) is 28.0 Å². The Kier molecular flexibility index (Phi) is 6.05. The van der Waals surface area contributed by atoms with E-state index in [2.05, 4.69) is 25.5 Å². The smallest absolute Gasteiger partial charge is 0.237 e. The lowest BCUT2D eigenvalue weighted by Gasteiger charge is -2.16. The maximum Gasteiger partial charge on any atom is 0.237 e. The molecule has 0 saturated heterocycles. The van der Waals surface area contributed by atoms with Crippen molar-refractivity contribution in [3.63, 3.8) is 0 Å². The molecular weight excluding hydrogens is 444 g/mol. The van der Waals surface area contributed by atoms with Gasteiger partial charge in [0, 0.05) is 29.5 Å². The lowest BCUT2D eigenvalue weighted by atomic mass is 10.2. The van der Waals surface area contributed by atoms with Gasteiger partial charge in [-0.25, -0.2) is 0 Å². The molecule has 34 heavy (non-hydrogen) atoms. The molecule has 2 aromatic carbocycles. The Morgan fingerprint density at radius 1 is 0.941 bits per heavy atom. The highest BCUT2D eigenvalue weighted by atomic mass is 32.2. The maximum absolute atomic E-state index is 13.1. The Hall–Kier alpha value is -4.04. The number of hydrogen-bond donors (Lipinski definition) is 1. The van der Waals surface area contributed by atoms with Crippen molar-refractivity contribution in [3.8, 4) is 17.1 Å². The first-order valence-electron chi connectivity index (χ1n) is 10.8. The average molecular weight is 467 g/mol. The van der Waals surface area contributed by atoms with E-state index < -0.39 is 5.25 Å². The molecule has 0 aliphatic carbocycles. The van der Waals surface area contributed by atoms with Gasteiger partial charge >= 0.3 is 0 Å². The Morgan fingerprint density at radius 2 is 1.76 bits per heavy atom. The third kappa shape index (κ3) is 4.27. The molecule has 0 radical (unpaired) electrons. The number of nitrogens with zero attached hydrogens (tertiary/aromatic N) is 5. The largest absolute Gasteiger partial charge is 0.324 e. The van der Waals surface area contributed by atoms with Gasteiger partial charge in [-0.1, -0.05) is 36.0 Å². The second-order valence-corrected chi connectivity index (χ2v) is 9.10. The molecular formula is C26H22N6OS. The Labute approximate surface area is 201 Å². The highest BCUT2D eigenvalue weighted by molar-refractivity contribution is 8.00. The minimum atomic E-state index is -0.413. The highest BCUT2D eigenvalue weighted by Gasteiger charge is 2.23. The van der Waals surface area contributed by atoms with Crippen molar-refractivity contribution in [2.24, 2.45) is 0 Å². The van der Waals surface area contributed by atoms with Gasteiger partial charge in [-0.2, -0.15) is 0 Å². The predicted molar refractivity (Wildman–Crippen MR) is 135 cm³/mol. The molecule has 0 saturated carbocycles. The van der Waals surface area contributed by atoms with Crippen LogP contribution >= 0.6 is 11.8 Å². The fourth-order valence-corrected chi connectivity index (χ4v) is 4.58. The molecule has 0 fully saturated rings. The van der Waals surface area contributed by atoms with Crippen LogP contribution < -0.4 is 5.32 Å². The van der Waals surface area contributed by atoms with Crippen LogP contribution in [0, 0.1) is 6.92 Å². The van der Waals surface area contributed by atoms with Crippen molar-refractivity contribution in [3.05, 3.63) is 90.9 Å². The number of hydrogen-bond acceptors (Lipinski definition) is 6. The number of nitrogens with one attached hydrogen (secondary N) is 1. The van der Waals surface area contributed by atoms with Crippen molar-refractivity contribution >= 4 is 34.3 Å². The second-order valence-electron chi connectivity index (χ2n) is 7.79. The molecule has 5 aromatic rings. The van der Waals surface area contributed by atoms with Gasteiger partial charge in [0.05, 0.1) is 22.1 Å². The van der Waals surface area contributed by atoms with E-state index in [1.165, 1.54) is 11.8 Å². The van der Waals surface area contributed by atoms with Crippen LogP contribution in [0.1, 0.15) is 12.5 Å². The van der Waals surface area contributed by atoms with Crippen LogP contribution in [0.5, 0.6) is 0 Å². The molecule has 0 spiro atoms. The molecule has 1 N–H and O–H groups in total. The van der Waals surface area contributed by atoms with E-state index in [9.17, 15) is 4.79 Å². The summed E-state index contributed by atoms with van der Waals surface area (Å²) in [7, 11) is 0. The summed E-state index contributed by atoms with van der Waals surface area (Å²) in [5.41, 5.74) is 4.52. The summed E-state index contributed by atoms with van der Waals surface area (Å²) in [5, 5.41) is 13.1. The van der Waals surface area contributed by atoms with Gasteiger partial charge in [-0.3, -0.25) is 19.3 Å². The van der Waals surface area contributed by atoms with Crippen molar-refractivity contribution in [2.75, 3.05) is 5.32 Å². The Balaban J connectivity index is 1.46. The van der Waals surface area contributed by atoms with Crippen molar-refractivity contribution < 1.29 is 4.79 Å². The molecule has 1 atom stereocenters. The van der Waals surface area contributed by atoms with Gasteiger partial charge in [0.2, 0.25) is 5.91 Å². The number of carbonyl (C=O) groups is 1. The number of benzene rings is 2. The molecule has 0 bridgehead atoms. The third-order valence-electron chi connectivity index (χ3n) is 5.48. The second kappa shape index (κ2) is 9.44. The number of aryl methyl sites for hydroxylation is 1. The minimum Gasteiger partial charge on any atom is -0.324 e. The molecule has 1 unspecified atom stereocenters. The van der Waals surface area contributed by atoms with Gasteiger partial charge < -0.3 is 5.32 Å². The molecule has 3 aromatic heterocycles. The van der Waals surface area contributed by atoms with Gasteiger partial charge in [0.25, 0.3) is 0 Å². The predicted octanol–water partition coefficient (Wildman–Crippen LogP) is 5.31. The van der Waals surface area contributed by atoms with Gasteiger partial charge in [-0.15, -0.1) is 10.2 Å². The molecule has 168 valence electrons. The van der Waals surface area contributed by atoms with E-state index in [0.717, 1.165) is 33.4 Å². The molecule has 5 rings (SSSR count). The molecule has 0 aliphatic heterocycles. The van der Waals surface area contributed by atoms with Gasteiger partial charge in [0.15, 0.2) is 11.0 Å². The Bertz CT molecular complexity index is 1460. The topological polar surface area (TPSA) is 85.6 Å². The first kappa shape index (κ1) is 21.8. The summed E-state index contributed by atoms with van der Waals surface area (Å²) in [6.45, 7) is 3.91. The van der Waals surface area contributed by atoms with Gasteiger partial charge in [0.1, 0.15) is 0 Å². The quantitative estimate of drug-likeness (QED) is 0.342. The third-order valence-corrected chi connectivity index (χ3v) is 6.53. The average Bonchev–Trinajstić information content (AvgIpc) is 3.28. The molecule has 0 aliphatic rings. The molecule has 8 heteroatoms. The van der Waals surface area contributed by atoms with E-state index in [4.69, 9.17) is 0 Å². The monoisotopic (exact) mass is 466 g/mol. The minimum absolute atomic E-state index is 0.119. The van der Waals surface area contributed by atoms with Crippen LogP contribution in [-0.2, 0) is 4.79 Å². The zero-order valence-electron chi connectivity index (χ0n) is 18.7. The number of anilines is 1. The number of fused-ring (bicyclic) bond motifs is 1. The van der Waals surface area contributed by atoms with Crippen LogP contribution in [0.2, 0.25) is 0 Å². The summed E-state index contributed by atoms with van der Waals surface area (Å²) in [5.74, 6) is 0.582. The van der Waals surface area contributed by atoms with Crippen LogP contribution in [0.3, 0.4) is 0 Å². The number of carbonyl (C=O) groups excluding carboxylic acids is 1. The van der Waals surface area contributed by atoms with E-state index in [1.54, 1.807) is 18.6 Å². The van der Waals surface area contributed by atoms with E-state index >= 15 is 0 Å². The van der Waals surface area contributed by atoms with Crippen LogP contribution in [0.4, 0.5) is 5.69 Å². The number of amides is 1. The number of para-hydroxylation sites is 1. The standard InChI is InChI=1S/C26H22N6OS/c1-17-7-3-4-11-23(17)32-24(19-12-15-27-16-13-19)30-31-26(32)34-18(2)25(33)29-22-10-5-9-21-20(22)8-6-14-28-21/h3-16,18H,1-2H3,(H,29,33). The summed E-state index contributed by atoms with van der Waals surface area (Å²) >= 11 is 1.37. The van der Waals surface area contributed by atoms with Gasteiger partial charge in [-0.05, 0) is 61.9 Å². The summed E-state index contributed by atoms with van der Waals surface area (Å²) in [6.07, 6.45) is 5.20. The SMILES string of the molecule is Cc1ccccc1-n1c(SC(C)C(=O)Nc2cccc3ncccc23)nnc1-c1ccncc1.